The molecule has 0 amide bonds. The molecule has 1 nitrogen and oxygen atoms in total. The van der Waals surface area contributed by atoms with Crippen LogP contribution in [-0.4, -0.2) is 19.0 Å². The summed E-state index contributed by atoms with van der Waals surface area (Å²) >= 11 is 0. The highest BCUT2D eigenvalue weighted by Gasteiger charge is 2.19. The Morgan fingerprint density at radius 1 is 1.09 bits per heavy atom. The van der Waals surface area contributed by atoms with Gasteiger partial charge in [-0.25, -0.2) is 8.78 Å². The molecule has 1 aromatic carbocycles. The largest absolute Gasteiger partial charge is 0.377 e. The van der Waals surface area contributed by atoms with E-state index in [-0.39, 0.29) is 5.56 Å². The first-order valence-electron chi connectivity index (χ1n) is 7.79. The average Bonchev–Trinajstić information content (AvgIpc) is 2.51. The number of nitrogens with zero attached hydrogens (tertiary/aromatic N) is 1. The standard InChI is InChI=1S/C20H25F2N/c1-6-9-12-16(15(8-3)11-7-2)20(23(4)5)19-17(21)13-10-14-18(19)22/h7-14H,6H2,1-5H3/b11-7-,12-9-,15-8+,20-16-. The van der Waals surface area contributed by atoms with Crippen molar-refractivity contribution in [3.63, 3.8) is 0 Å². The van der Waals surface area contributed by atoms with Crippen molar-refractivity contribution in [3.8, 4) is 0 Å². The van der Waals surface area contributed by atoms with E-state index in [9.17, 15) is 8.78 Å². The molecule has 1 rings (SSSR count). The summed E-state index contributed by atoms with van der Waals surface area (Å²) in [7, 11) is 3.59. The molecule has 0 bridgehead atoms. The highest BCUT2D eigenvalue weighted by Crippen LogP contribution is 2.31. The normalized spacial score (nSPS) is 13.8. The number of hydrogen-bond donors (Lipinski definition) is 0. The molecule has 0 aliphatic carbocycles. The third kappa shape index (κ3) is 4.65. The molecule has 0 heterocycles. The number of allylic oxidation sites excluding steroid dienone is 7. The van der Waals surface area contributed by atoms with Gasteiger partial charge in [0.25, 0.3) is 0 Å². The van der Waals surface area contributed by atoms with Crippen LogP contribution in [0.3, 0.4) is 0 Å². The minimum atomic E-state index is -0.563. The van der Waals surface area contributed by atoms with Gasteiger partial charge in [-0.05, 0) is 38.0 Å². The summed E-state index contributed by atoms with van der Waals surface area (Å²) in [5.74, 6) is -1.13. The van der Waals surface area contributed by atoms with Gasteiger partial charge in [-0.2, -0.15) is 0 Å². The fourth-order valence-electron chi connectivity index (χ4n) is 2.39. The molecule has 0 aliphatic heterocycles. The summed E-state index contributed by atoms with van der Waals surface area (Å²) in [6.07, 6.45) is 10.6. The van der Waals surface area contributed by atoms with E-state index >= 15 is 0 Å². The van der Waals surface area contributed by atoms with Crippen LogP contribution in [-0.2, 0) is 0 Å². The number of benzene rings is 1. The van der Waals surface area contributed by atoms with Gasteiger partial charge >= 0.3 is 0 Å². The maximum atomic E-state index is 14.3. The predicted molar refractivity (Wildman–Crippen MR) is 95.0 cm³/mol. The van der Waals surface area contributed by atoms with Gasteiger partial charge in [-0.15, -0.1) is 0 Å². The van der Waals surface area contributed by atoms with Gasteiger partial charge in [-0.1, -0.05) is 43.4 Å². The molecular formula is C20H25F2N. The Morgan fingerprint density at radius 3 is 2.13 bits per heavy atom. The van der Waals surface area contributed by atoms with Gasteiger partial charge in [0.05, 0.1) is 11.3 Å². The maximum absolute atomic E-state index is 14.3. The van der Waals surface area contributed by atoms with Gasteiger partial charge in [0.1, 0.15) is 11.6 Å². The van der Waals surface area contributed by atoms with Crippen molar-refractivity contribution >= 4 is 5.70 Å². The van der Waals surface area contributed by atoms with Crippen LogP contribution in [0.4, 0.5) is 8.78 Å². The summed E-state index contributed by atoms with van der Waals surface area (Å²) in [4.78, 5) is 1.75. The SMILES string of the molecule is C\C=C/C(=C\C)C(/C=C\CC)=C(/c1c(F)cccc1F)N(C)C. The Hall–Kier alpha value is -2.16. The van der Waals surface area contributed by atoms with Crippen LogP contribution >= 0.6 is 0 Å². The molecule has 0 spiro atoms. The van der Waals surface area contributed by atoms with Crippen LogP contribution in [0.2, 0.25) is 0 Å². The Kier molecular flexibility index (Phi) is 7.46. The minimum Gasteiger partial charge on any atom is -0.377 e. The van der Waals surface area contributed by atoms with Crippen LogP contribution in [0, 0.1) is 11.6 Å². The molecule has 124 valence electrons. The van der Waals surface area contributed by atoms with Gasteiger partial charge < -0.3 is 4.90 Å². The number of hydrogen-bond acceptors (Lipinski definition) is 1. The van der Waals surface area contributed by atoms with E-state index in [4.69, 9.17) is 0 Å². The zero-order chi connectivity index (χ0) is 17.4. The van der Waals surface area contributed by atoms with E-state index in [2.05, 4.69) is 0 Å². The highest BCUT2D eigenvalue weighted by molar-refractivity contribution is 5.75. The average molecular weight is 317 g/mol. The summed E-state index contributed by atoms with van der Waals surface area (Å²) < 4.78 is 28.7. The quantitative estimate of drug-likeness (QED) is 0.606. The lowest BCUT2D eigenvalue weighted by Gasteiger charge is -2.23. The molecule has 0 fully saturated rings. The van der Waals surface area contributed by atoms with Crippen LogP contribution in [0.5, 0.6) is 0 Å². The molecule has 3 heteroatoms. The molecule has 0 saturated carbocycles. The number of halogens is 2. The molecule has 1 aromatic rings. The van der Waals surface area contributed by atoms with Crippen molar-refractivity contribution in [2.24, 2.45) is 0 Å². The molecule has 0 radical (unpaired) electrons. The van der Waals surface area contributed by atoms with Crippen molar-refractivity contribution < 1.29 is 8.78 Å². The van der Waals surface area contributed by atoms with Crippen LogP contribution in [0.1, 0.15) is 32.8 Å². The molecule has 0 unspecified atom stereocenters. The molecule has 0 aliphatic rings. The summed E-state index contributed by atoms with van der Waals surface area (Å²) in [5, 5.41) is 0. The summed E-state index contributed by atoms with van der Waals surface area (Å²) in [6.45, 7) is 5.86. The van der Waals surface area contributed by atoms with Crippen LogP contribution in [0.25, 0.3) is 5.70 Å². The van der Waals surface area contributed by atoms with Gasteiger partial charge in [0, 0.05) is 19.7 Å². The first kappa shape index (κ1) is 18.9. The van der Waals surface area contributed by atoms with E-state index in [0.717, 1.165) is 17.6 Å². The van der Waals surface area contributed by atoms with Crippen molar-refractivity contribution in [1.29, 1.82) is 0 Å². The second kappa shape index (κ2) is 9.09. The molecule has 0 N–H and O–H groups in total. The monoisotopic (exact) mass is 317 g/mol. The van der Waals surface area contributed by atoms with Crippen molar-refractivity contribution in [3.05, 3.63) is 76.9 Å². The second-order valence-corrected chi connectivity index (χ2v) is 5.31. The number of rotatable bonds is 6. The van der Waals surface area contributed by atoms with E-state index < -0.39 is 11.6 Å². The van der Waals surface area contributed by atoms with Crippen LogP contribution in [0.15, 0.2) is 59.7 Å². The first-order valence-corrected chi connectivity index (χ1v) is 7.79. The second-order valence-electron chi connectivity index (χ2n) is 5.31. The molecular weight excluding hydrogens is 292 g/mol. The van der Waals surface area contributed by atoms with E-state index in [1.54, 1.807) is 19.0 Å². The molecule has 0 aromatic heterocycles. The third-order valence-corrected chi connectivity index (χ3v) is 3.39. The predicted octanol–water partition coefficient (Wildman–Crippen LogP) is 5.73. The minimum absolute atomic E-state index is 0.00268. The Bertz CT molecular complexity index is 629. The molecule has 23 heavy (non-hydrogen) atoms. The first-order chi connectivity index (χ1) is 11.0. The van der Waals surface area contributed by atoms with Gasteiger partial charge in [0.2, 0.25) is 0 Å². The lowest BCUT2D eigenvalue weighted by Crippen LogP contribution is -2.15. The van der Waals surface area contributed by atoms with E-state index in [1.165, 1.54) is 18.2 Å². The Morgan fingerprint density at radius 2 is 1.70 bits per heavy atom. The molecule has 0 atom stereocenters. The lowest BCUT2D eigenvalue weighted by atomic mass is 9.96. The van der Waals surface area contributed by atoms with E-state index in [0.29, 0.717) is 5.70 Å². The Balaban J connectivity index is 3.81. The lowest BCUT2D eigenvalue weighted by molar-refractivity contribution is 0.540. The van der Waals surface area contributed by atoms with Gasteiger partial charge in [-0.3, -0.25) is 0 Å². The summed E-state index contributed by atoms with van der Waals surface area (Å²) in [6, 6.07) is 3.95. The maximum Gasteiger partial charge on any atom is 0.135 e. The molecule has 0 saturated heterocycles. The van der Waals surface area contributed by atoms with Gasteiger partial charge in [0.15, 0.2) is 0 Å². The zero-order valence-electron chi connectivity index (χ0n) is 14.5. The smallest absolute Gasteiger partial charge is 0.135 e. The zero-order valence-corrected chi connectivity index (χ0v) is 14.5. The fourth-order valence-corrected chi connectivity index (χ4v) is 2.39. The fraction of sp³-hybridized carbons (Fsp3) is 0.300. The Labute approximate surface area is 138 Å². The highest BCUT2D eigenvalue weighted by atomic mass is 19.1. The van der Waals surface area contributed by atoms with Crippen LogP contribution < -0.4 is 0 Å². The van der Waals surface area contributed by atoms with Crippen molar-refractivity contribution in [2.45, 2.75) is 27.2 Å². The van der Waals surface area contributed by atoms with Crippen molar-refractivity contribution in [1.82, 2.24) is 4.90 Å². The summed E-state index contributed by atoms with van der Waals surface area (Å²) in [5.41, 5.74) is 2.23. The third-order valence-electron chi connectivity index (χ3n) is 3.39. The van der Waals surface area contributed by atoms with E-state index in [1.807, 2.05) is 51.2 Å². The topological polar surface area (TPSA) is 3.24 Å². The van der Waals surface area contributed by atoms with Crippen molar-refractivity contribution in [2.75, 3.05) is 14.1 Å².